The van der Waals surface area contributed by atoms with Crippen LogP contribution in [-0.2, 0) is 24.2 Å². The maximum absolute atomic E-state index is 13.1. The van der Waals surface area contributed by atoms with Crippen molar-refractivity contribution in [3.8, 4) is 0 Å². The van der Waals surface area contributed by atoms with Crippen LogP contribution in [0.4, 0.5) is 11.4 Å². The molecule has 242 valence electrons. The average molecular weight is 629 g/mol. The van der Waals surface area contributed by atoms with Crippen LogP contribution in [0.25, 0.3) is 21.8 Å². The number of nitrogens with one attached hydrogen (secondary N) is 4. The van der Waals surface area contributed by atoms with Crippen LogP contribution in [0.15, 0.2) is 79.0 Å². The van der Waals surface area contributed by atoms with E-state index in [4.69, 9.17) is 4.98 Å². The first-order chi connectivity index (χ1) is 23.1. The van der Waals surface area contributed by atoms with Crippen LogP contribution in [0.5, 0.6) is 0 Å². The van der Waals surface area contributed by atoms with E-state index >= 15 is 0 Å². The number of piperidine rings is 1. The average Bonchev–Trinajstić information content (AvgIpc) is 3.58. The fourth-order valence-corrected chi connectivity index (χ4v) is 7.16. The minimum absolute atomic E-state index is 0.0130. The number of hydrogen-bond acceptors (Lipinski definition) is 5. The first kappa shape index (κ1) is 30.9. The molecule has 1 aliphatic heterocycles. The molecule has 2 aliphatic rings. The third kappa shape index (κ3) is 7.33. The molecule has 1 unspecified atom stereocenters. The highest BCUT2D eigenvalue weighted by Gasteiger charge is 2.25. The quantitative estimate of drug-likeness (QED) is 0.117. The summed E-state index contributed by atoms with van der Waals surface area (Å²) in [6.07, 6.45) is 10.4. The van der Waals surface area contributed by atoms with Crippen molar-refractivity contribution in [1.82, 2.24) is 20.2 Å². The van der Waals surface area contributed by atoms with Gasteiger partial charge >= 0.3 is 0 Å². The summed E-state index contributed by atoms with van der Waals surface area (Å²) in [6, 6.07) is 24.1. The first-order valence-corrected chi connectivity index (χ1v) is 17.2. The summed E-state index contributed by atoms with van der Waals surface area (Å²) in [6.45, 7) is 4.10. The van der Waals surface area contributed by atoms with E-state index in [0.29, 0.717) is 12.1 Å². The molecular weight excluding hydrogens is 584 g/mol. The van der Waals surface area contributed by atoms with Gasteiger partial charge in [-0.3, -0.25) is 19.5 Å². The number of unbranched alkanes of at least 4 members (excludes halogenated alkanes) is 1. The number of aromatic amines is 1. The number of carbonyl (C=O) groups is 2. The molecule has 8 nitrogen and oxygen atoms in total. The van der Waals surface area contributed by atoms with Crippen LogP contribution in [0.2, 0.25) is 0 Å². The zero-order valence-electron chi connectivity index (χ0n) is 27.0. The topological polar surface area (TPSA) is 102 Å². The van der Waals surface area contributed by atoms with Gasteiger partial charge in [-0.15, -0.1) is 0 Å². The fourth-order valence-electron chi connectivity index (χ4n) is 7.16. The molecule has 1 fully saturated rings. The summed E-state index contributed by atoms with van der Waals surface area (Å²) in [5, 5.41) is 12.2. The molecule has 1 atom stereocenters. The maximum atomic E-state index is 13.1. The number of nitrogens with zero attached hydrogens (tertiary/aromatic N) is 2. The molecular formula is C39H44N6O2. The lowest BCUT2D eigenvalue weighted by Gasteiger charge is -2.32. The number of H-pyrrole nitrogens is 1. The number of benzene rings is 3. The minimum Gasteiger partial charge on any atom is -0.384 e. The summed E-state index contributed by atoms with van der Waals surface area (Å²) in [5.41, 5.74) is 8.58. The third-order valence-electron chi connectivity index (χ3n) is 9.68. The second-order valence-corrected chi connectivity index (χ2v) is 13.1. The van der Waals surface area contributed by atoms with Crippen molar-refractivity contribution in [2.75, 3.05) is 36.8 Å². The Morgan fingerprint density at radius 1 is 0.915 bits per heavy atom. The molecule has 7 rings (SSSR count). The van der Waals surface area contributed by atoms with Gasteiger partial charge in [0.1, 0.15) is 0 Å². The number of carbonyl (C=O) groups excluding carboxylic acids is 2. The molecule has 47 heavy (non-hydrogen) atoms. The van der Waals surface area contributed by atoms with Gasteiger partial charge in [-0.25, -0.2) is 0 Å². The Hall–Kier alpha value is -4.69. The lowest BCUT2D eigenvalue weighted by Crippen LogP contribution is -2.42. The second kappa shape index (κ2) is 14.4. The van der Waals surface area contributed by atoms with Crippen molar-refractivity contribution >= 4 is 45.0 Å². The number of fused-ring (bicyclic) bond motifs is 3. The fraction of sp³-hybridized carbons (Fsp3) is 0.359. The predicted octanol–water partition coefficient (Wildman–Crippen LogP) is 7.07. The van der Waals surface area contributed by atoms with E-state index in [0.717, 1.165) is 92.4 Å². The molecule has 8 heteroatoms. The molecule has 3 aromatic carbocycles. The number of para-hydroxylation sites is 1. The van der Waals surface area contributed by atoms with Crippen molar-refractivity contribution in [2.45, 2.75) is 57.9 Å². The summed E-state index contributed by atoms with van der Waals surface area (Å²) < 4.78 is 0. The normalized spacial score (nSPS) is 16.6. The van der Waals surface area contributed by atoms with Gasteiger partial charge < -0.3 is 20.9 Å². The molecule has 0 bridgehead atoms. The van der Waals surface area contributed by atoms with Gasteiger partial charge in [-0.1, -0.05) is 30.3 Å². The monoisotopic (exact) mass is 628 g/mol. The van der Waals surface area contributed by atoms with Gasteiger partial charge in [0.15, 0.2) is 0 Å². The summed E-state index contributed by atoms with van der Waals surface area (Å²) in [5.74, 6) is 0.0578. The van der Waals surface area contributed by atoms with Gasteiger partial charge in [-0.05, 0) is 112 Å². The highest BCUT2D eigenvalue weighted by atomic mass is 16.2. The van der Waals surface area contributed by atoms with E-state index in [1.54, 1.807) is 0 Å². The Morgan fingerprint density at radius 2 is 1.77 bits per heavy atom. The number of likely N-dealkylation sites (tertiary alicyclic amines) is 1. The van der Waals surface area contributed by atoms with Crippen molar-refractivity contribution < 1.29 is 9.59 Å². The predicted molar refractivity (Wildman–Crippen MR) is 190 cm³/mol. The number of rotatable bonds is 11. The SMILES string of the molecule is O=C(Nc1ccc2[nH]ccc2c1)c1ccc(CN2CCCC(C(=O)NCCCCNc3c4c(nc5ccccc35)CCCC4)C2)cc1. The number of aryl methyl sites for hydroxylation is 1. The van der Waals surface area contributed by atoms with Gasteiger partial charge in [0.25, 0.3) is 5.91 Å². The van der Waals surface area contributed by atoms with Gasteiger partial charge in [0.2, 0.25) is 5.91 Å². The van der Waals surface area contributed by atoms with E-state index < -0.39 is 0 Å². The van der Waals surface area contributed by atoms with E-state index in [2.05, 4.69) is 50.1 Å². The largest absolute Gasteiger partial charge is 0.384 e. The summed E-state index contributed by atoms with van der Waals surface area (Å²) in [4.78, 5) is 36.4. The Kier molecular flexibility index (Phi) is 9.47. The standard InChI is InChI=1S/C39H44N6O2/c46-38(42-21-6-5-20-41-37-32-9-1-3-11-35(32)44-36-12-4-2-10-33(36)37)30-8-7-23-45(26-30)25-27-13-15-28(16-14-27)39(47)43-31-17-18-34-29(24-31)19-22-40-34/h1,3,9,11,13-19,22,24,30,40H,2,4-8,10,12,20-21,23,25-26H2,(H,41,44)(H,42,46)(H,43,47). The molecule has 1 saturated heterocycles. The number of hydrogen-bond donors (Lipinski definition) is 4. The molecule has 2 amide bonds. The van der Waals surface area contributed by atoms with Crippen LogP contribution in [0.1, 0.15) is 65.7 Å². The molecule has 0 radical (unpaired) electrons. The van der Waals surface area contributed by atoms with E-state index in [1.807, 2.05) is 54.7 Å². The van der Waals surface area contributed by atoms with Gasteiger partial charge in [0, 0.05) is 71.3 Å². The lowest BCUT2D eigenvalue weighted by atomic mass is 9.92. The van der Waals surface area contributed by atoms with E-state index in [9.17, 15) is 9.59 Å². The van der Waals surface area contributed by atoms with E-state index in [-0.39, 0.29) is 17.7 Å². The van der Waals surface area contributed by atoms with Crippen molar-refractivity contribution in [1.29, 1.82) is 0 Å². The highest BCUT2D eigenvalue weighted by Crippen LogP contribution is 2.33. The Bertz CT molecular complexity index is 1860. The van der Waals surface area contributed by atoms with Crippen molar-refractivity contribution in [2.24, 2.45) is 5.92 Å². The second-order valence-electron chi connectivity index (χ2n) is 13.1. The minimum atomic E-state index is -0.123. The zero-order chi connectivity index (χ0) is 32.0. The molecule has 1 aliphatic carbocycles. The van der Waals surface area contributed by atoms with Crippen LogP contribution >= 0.6 is 0 Å². The van der Waals surface area contributed by atoms with Gasteiger partial charge in [-0.2, -0.15) is 0 Å². The van der Waals surface area contributed by atoms with E-state index in [1.165, 1.54) is 35.2 Å². The number of pyridine rings is 1. The first-order valence-electron chi connectivity index (χ1n) is 17.2. The van der Waals surface area contributed by atoms with Gasteiger partial charge in [0.05, 0.1) is 11.4 Å². The summed E-state index contributed by atoms with van der Waals surface area (Å²) >= 11 is 0. The van der Waals surface area contributed by atoms with Crippen molar-refractivity contribution in [3.05, 3.63) is 101 Å². The molecule has 3 heterocycles. The molecule has 0 spiro atoms. The number of aromatic nitrogens is 2. The Morgan fingerprint density at radius 3 is 2.68 bits per heavy atom. The molecule has 2 aromatic heterocycles. The number of anilines is 2. The maximum Gasteiger partial charge on any atom is 0.255 e. The lowest BCUT2D eigenvalue weighted by molar-refractivity contribution is -0.126. The van der Waals surface area contributed by atoms with Crippen LogP contribution < -0.4 is 16.0 Å². The molecule has 4 N–H and O–H groups in total. The number of amides is 2. The smallest absolute Gasteiger partial charge is 0.255 e. The Labute approximate surface area is 276 Å². The highest BCUT2D eigenvalue weighted by molar-refractivity contribution is 6.05. The Balaban J connectivity index is 0.844. The third-order valence-corrected chi connectivity index (χ3v) is 9.68. The molecule has 0 saturated carbocycles. The van der Waals surface area contributed by atoms with Crippen LogP contribution in [0, 0.1) is 5.92 Å². The zero-order valence-corrected chi connectivity index (χ0v) is 27.0. The summed E-state index contributed by atoms with van der Waals surface area (Å²) in [7, 11) is 0. The van der Waals surface area contributed by atoms with Crippen LogP contribution in [-0.4, -0.2) is 52.9 Å². The van der Waals surface area contributed by atoms with Crippen LogP contribution in [0.3, 0.4) is 0 Å². The van der Waals surface area contributed by atoms with Crippen molar-refractivity contribution in [3.63, 3.8) is 0 Å². The molecule has 5 aromatic rings.